The van der Waals surface area contributed by atoms with E-state index in [1.807, 2.05) is 6.20 Å². The van der Waals surface area contributed by atoms with Gasteiger partial charge in [-0.05, 0) is 24.8 Å². The van der Waals surface area contributed by atoms with Crippen LogP contribution in [0.5, 0.6) is 0 Å². The summed E-state index contributed by atoms with van der Waals surface area (Å²) >= 11 is 0. The van der Waals surface area contributed by atoms with Gasteiger partial charge in [-0.3, -0.25) is 4.99 Å². The largest absolute Gasteiger partial charge is 0.256 e. The van der Waals surface area contributed by atoms with Crippen molar-refractivity contribution >= 4 is 15.1 Å². The lowest BCUT2D eigenvalue weighted by Gasteiger charge is -2.21. The van der Waals surface area contributed by atoms with Crippen LogP contribution in [0.3, 0.4) is 0 Å². The molecule has 0 unspecified atom stereocenters. The Hall–Kier alpha value is -0.240. The van der Waals surface area contributed by atoms with Crippen LogP contribution in [0.1, 0.15) is 6.92 Å². The Morgan fingerprint density at radius 3 is 2.25 bits per heavy atom. The molecule has 1 aliphatic heterocycles. The van der Waals surface area contributed by atoms with Gasteiger partial charge in [0, 0.05) is 6.20 Å². The van der Waals surface area contributed by atoms with E-state index in [1.54, 1.807) is 0 Å². The Kier molecular flexibility index (Phi) is 1.19. The maximum Gasteiger partial charge on any atom is 0.0561 e. The SMILES string of the molecule is CC1=NC=CS1(C)C. The van der Waals surface area contributed by atoms with Gasteiger partial charge in [0.05, 0.1) is 5.04 Å². The van der Waals surface area contributed by atoms with Gasteiger partial charge in [-0.1, -0.05) is 0 Å². The van der Waals surface area contributed by atoms with Gasteiger partial charge in [-0.15, -0.1) is 0 Å². The third-order valence-corrected chi connectivity index (χ3v) is 3.85. The average molecular weight is 129 g/mol. The summed E-state index contributed by atoms with van der Waals surface area (Å²) in [6.07, 6.45) is 6.40. The van der Waals surface area contributed by atoms with Gasteiger partial charge in [0.2, 0.25) is 0 Å². The molecule has 0 aromatic carbocycles. The highest BCUT2D eigenvalue weighted by Gasteiger charge is 2.13. The first kappa shape index (κ1) is 5.89. The van der Waals surface area contributed by atoms with Crippen LogP contribution in [0.15, 0.2) is 16.6 Å². The molecule has 1 aliphatic rings. The molecule has 0 bridgehead atoms. The van der Waals surface area contributed by atoms with Gasteiger partial charge < -0.3 is 0 Å². The van der Waals surface area contributed by atoms with Crippen molar-refractivity contribution < 1.29 is 0 Å². The Labute approximate surface area is 51.8 Å². The third-order valence-electron chi connectivity index (χ3n) is 1.42. The predicted octanol–water partition coefficient (Wildman–Crippen LogP) is 1.95. The molecular weight excluding hydrogens is 118 g/mol. The number of rotatable bonds is 0. The Morgan fingerprint density at radius 1 is 1.50 bits per heavy atom. The van der Waals surface area contributed by atoms with E-state index >= 15 is 0 Å². The van der Waals surface area contributed by atoms with E-state index in [9.17, 15) is 0 Å². The number of hydrogen-bond donors (Lipinski definition) is 0. The van der Waals surface area contributed by atoms with Gasteiger partial charge in [0.25, 0.3) is 0 Å². The minimum Gasteiger partial charge on any atom is -0.256 e. The first-order valence-corrected chi connectivity index (χ1v) is 5.08. The van der Waals surface area contributed by atoms with E-state index in [2.05, 4.69) is 29.8 Å². The maximum absolute atomic E-state index is 4.16. The summed E-state index contributed by atoms with van der Waals surface area (Å²) in [7, 11) is -0.556. The third kappa shape index (κ3) is 0.802. The van der Waals surface area contributed by atoms with Crippen LogP contribution in [0, 0.1) is 0 Å². The quantitative estimate of drug-likeness (QED) is 0.474. The van der Waals surface area contributed by atoms with Crippen molar-refractivity contribution in [3.05, 3.63) is 11.6 Å². The molecule has 0 radical (unpaired) electrons. The van der Waals surface area contributed by atoms with Crippen LogP contribution < -0.4 is 0 Å². The molecule has 0 saturated heterocycles. The molecule has 1 nitrogen and oxygen atoms in total. The zero-order valence-electron chi connectivity index (χ0n) is 5.51. The monoisotopic (exact) mass is 129 g/mol. The molecular formula is C6H11NS. The van der Waals surface area contributed by atoms with E-state index in [4.69, 9.17) is 0 Å². The van der Waals surface area contributed by atoms with Gasteiger partial charge in [0.1, 0.15) is 0 Å². The molecule has 0 aromatic heterocycles. The summed E-state index contributed by atoms with van der Waals surface area (Å²) in [6.45, 7) is 2.09. The first-order chi connectivity index (χ1) is 3.63. The zero-order chi connectivity index (χ0) is 6.20. The average Bonchev–Trinajstić information content (AvgIpc) is 1.86. The standard InChI is InChI=1S/C6H11NS/c1-6-7-4-5-8(6,2)3/h4-5H,1-3H3. The first-order valence-electron chi connectivity index (χ1n) is 2.57. The van der Waals surface area contributed by atoms with Crippen LogP contribution >= 0.6 is 10.0 Å². The molecule has 0 N–H and O–H groups in total. The number of hydrogen-bond acceptors (Lipinski definition) is 1. The number of aliphatic imine (C=N–C) groups is 1. The van der Waals surface area contributed by atoms with Gasteiger partial charge in [-0.25, -0.2) is 0 Å². The predicted molar refractivity (Wildman–Crippen MR) is 41.7 cm³/mol. The minimum absolute atomic E-state index is 0.556. The van der Waals surface area contributed by atoms with Crippen molar-refractivity contribution in [3.8, 4) is 0 Å². The molecule has 8 heavy (non-hydrogen) atoms. The second-order valence-electron chi connectivity index (χ2n) is 2.34. The molecule has 0 amide bonds. The van der Waals surface area contributed by atoms with E-state index < -0.39 is 10.0 Å². The number of nitrogens with zero attached hydrogens (tertiary/aromatic N) is 1. The Morgan fingerprint density at radius 2 is 2.12 bits per heavy atom. The fraction of sp³-hybridized carbons (Fsp3) is 0.500. The van der Waals surface area contributed by atoms with E-state index in [-0.39, 0.29) is 0 Å². The van der Waals surface area contributed by atoms with Crippen LogP contribution in [0.25, 0.3) is 0 Å². The normalized spacial score (nSPS) is 27.6. The van der Waals surface area contributed by atoms with Crippen molar-refractivity contribution in [1.29, 1.82) is 0 Å². The second kappa shape index (κ2) is 1.62. The fourth-order valence-corrected chi connectivity index (χ4v) is 1.42. The molecule has 0 fully saturated rings. The van der Waals surface area contributed by atoms with Crippen molar-refractivity contribution in [1.82, 2.24) is 0 Å². The van der Waals surface area contributed by atoms with Crippen LogP contribution in [0.2, 0.25) is 0 Å². The molecule has 0 atom stereocenters. The van der Waals surface area contributed by atoms with Crippen molar-refractivity contribution in [2.75, 3.05) is 12.5 Å². The van der Waals surface area contributed by atoms with Crippen LogP contribution in [0.4, 0.5) is 0 Å². The van der Waals surface area contributed by atoms with Crippen LogP contribution in [-0.4, -0.2) is 17.6 Å². The van der Waals surface area contributed by atoms with E-state index in [1.165, 1.54) is 5.04 Å². The zero-order valence-corrected chi connectivity index (χ0v) is 6.33. The lowest BCUT2D eigenvalue weighted by Crippen LogP contribution is -1.97. The van der Waals surface area contributed by atoms with Crippen molar-refractivity contribution in [3.63, 3.8) is 0 Å². The second-order valence-corrected chi connectivity index (χ2v) is 6.01. The Bertz CT molecular complexity index is 156. The lowest BCUT2D eigenvalue weighted by atomic mass is 10.8. The molecule has 1 heterocycles. The minimum atomic E-state index is -0.556. The summed E-state index contributed by atoms with van der Waals surface area (Å²) < 4.78 is 0. The molecule has 0 aromatic rings. The lowest BCUT2D eigenvalue weighted by molar-refractivity contribution is 1.60. The van der Waals surface area contributed by atoms with Gasteiger partial charge in [0.15, 0.2) is 0 Å². The maximum atomic E-state index is 4.16. The van der Waals surface area contributed by atoms with Crippen LogP contribution in [-0.2, 0) is 0 Å². The molecule has 2 heteroatoms. The van der Waals surface area contributed by atoms with Gasteiger partial charge in [-0.2, -0.15) is 10.0 Å². The van der Waals surface area contributed by atoms with Gasteiger partial charge >= 0.3 is 0 Å². The highest BCUT2D eigenvalue weighted by atomic mass is 32.3. The summed E-state index contributed by atoms with van der Waals surface area (Å²) in [5.41, 5.74) is 0. The van der Waals surface area contributed by atoms with E-state index in [0.29, 0.717) is 0 Å². The summed E-state index contributed by atoms with van der Waals surface area (Å²) in [5.74, 6) is 0. The summed E-state index contributed by atoms with van der Waals surface area (Å²) in [6, 6.07) is 0. The fourth-order valence-electron chi connectivity index (χ4n) is 0.522. The summed E-state index contributed by atoms with van der Waals surface area (Å²) in [5, 5.41) is 3.49. The highest BCUT2D eigenvalue weighted by molar-refractivity contribution is 8.46. The molecule has 0 saturated carbocycles. The smallest absolute Gasteiger partial charge is 0.0561 e. The van der Waals surface area contributed by atoms with Crippen molar-refractivity contribution in [2.45, 2.75) is 6.92 Å². The molecule has 1 rings (SSSR count). The summed E-state index contributed by atoms with van der Waals surface area (Å²) in [4.78, 5) is 4.16. The van der Waals surface area contributed by atoms with E-state index in [0.717, 1.165) is 0 Å². The van der Waals surface area contributed by atoms with Crippen molar-refractivity contribution in [2.24, 2.45) is 4.99 Å². The molecule has 0 spiro atoms. The molecule has 46 valence electrons. The Balaban J connectivity index is 2.87. The highest BCUT2D eigenvalue weighted by Crippen LogP contribution is 2.45. The topological polar surface area (TPSA) is 12.4 Å². The molecule has 0 aliphatic carbocycles.